The number of halogens is 2. The fraction of sp³-hybridized carbons (Fsp3) is 1.00. The zero-order valence-electron chi connectivity index (χ0n) is 7.95. The van der Waals surface area contributed by atoms with E-state index in [0.717, 1.165) is 6.42 Å². The van der Waals surface area contributed by atoms with Gasteiger partial charge in [-0.1, -0.05) is 20.8 Å². The second-order valence-electron chi connectivity index (χ2n) is 4.60. The third-order valence-electron chi connectivity index (χ3n) is 3.38. The van der Waals surface area contributed by atoms with Crippen molar-refractivity contribution in [3.05, 3.63) is 0 Å². The Bertz CT molecular complexity index is 179. The molecule has 0 unspecified atom stereocenters. The van der Waals surface area contributed by atoms with E-state index in [4.69, 9.17) is 5.73 Å². The van der Waals surface area contributed by atoms with Crippen molar-refractivity contribution < 1.29 is 8.78 Å². The summed E-state index contributed by atoms with van der Waals surface area (Å²) >= 11 is 0. The van der Waals surface area contributed by atoms with Crippen molar-refractivity contribution in [2.24, 2.45) is 11.1 Å². The van der Waals surface area contributed by atoms with Crippen LogP contribution in [0.1, 0.15) is 40.0 Å². The summed E-state index contributed by atoms with van der Waals surface area (Å²) in [4.78, 5) is 0. The molecule has 0 saturated heterocycles. The fourth-order valence-corrected chi connectivity index (χ4v) is 1.70. The monoisotopic (exact) mass is 177 g/mol. The Morgan fingerprint density at radius 2 is 1.75 bits per heavy atom. The van der Waals surface area contributed by atoms with Crippen LogP contribution in [0.5, 0.6) is 0 Å². The predicted octanol–water partition coefficient (Wildman–Crippen LogP) is 2.55. The molecule has 0 heterocycles. The number of hydrogen-bond acceptors (Lipinski definition) is 1. The van der Waals surface area contributed by atoms with Gasteiger partial charge in [0, 0.05) is 18.4 Å². The van der Waals surface area contributed by atoms with Gasteiger partial charge >= 0.3 is 0 Å². The van der Waals surface area contributed by atoms with Crippen LogP contribution in [0.25, 0.3) is 0 Å². The van der Waals surface area contributed by atoms with Crippen molar-refractivity contribution in [2.45, 2.75) is 51.5 Å². The number of rotatable bonds is 2. The van der Waals surface area contributed by atoms with Gasteiger partial charge in [0.05, 0.1) is 0 Å². The number of hydrogen-bond donors (Lipinski definition) is 1. The number of nitrogens with two attached hydrogens (primary N) is 1. The summed E-state index contributed by atoms with van der Waals surface area (Å²) in [7, 11) is 0. The summed E-state index contributed by atoms with van der Waals surface area (Å²) in [5, 5.41) is 0. The highest BCUT2D eigenvalue weighted by atomic mass is 19.3. The van der Waals surface area contributed by atoms with E-state index < -0.39 is 11.5 Å². The van der Waals surface area contributed by atoms with Crippen LogP contribution in [-0.2, 0) is 0 Å². The van der Waals surface area contributed by atoms with Crippen molar-refractivity contribution in [2.75, 3.05) is 0 Å². The second-order valence-corrected chi connectivity index (χ2v) is 4.60. The molecule has 0 amide bonds. The van der Waals surface area contributed by atoms with E-state index >= 15 is 0 Å². The third kappa shape index (κ3) is 1.35. The first-order chi connectivity index (χ1) is 5.22. The first-order valence-corrected chi connectivity index (χ1v) is 4.39. The van der Waals surface area contributed by atoms with E-state index in [9.17, 15) is 8.78 Å². The average Bonchev–Trinajstić information content (AvgIpc) is 1.83. The molecule has 2 N–H and O–H groups in total. The Kier molecular flexibility index (Phi) is 1.99. The Morgan fingerprint density at radius 3 is 2.00 bits per heavy atom. The SMILES string of the molecule is CCC(C)(C)C1(N)CC(F)(F)C1. The minimum absolute atomic E-state index is 0.152. The van der Waals surface area contributed by atoms with Gasteiger partial charge in [-0.25, -0.2) is 8.78 Å². The average molecular weight is 177 g/mol. The second kappa shape index (κ2) is 2.41. The van der Waals surface area contributed by atoms with Gasteiger partial charge in [0.1, 0.15) is 0 Å². The molecule has 1 nitrogen and oxygen atoms in total. The first kappa shape index (κ1) is 9.90. The lowest BCUT2D eigenvalue weighted by Gasteiger charge is -2.54. The topological polar surface area (TPSA) is 26.0 Å². The zero-order valence-corrected chi connectivity index (χ0v) is 7.95. The van der Waals surface area contributed by atoms with Crippen molar-refractivity contribution in [3.63, 3.8) is 0 Å². The molecule has 72 valence electrons. The Morgan fingerprint density at radius 1 is 1.33 bits per heavy atom. The smallest absolute Gasteiger partial charge is 0.251 e. The van der Waals surface area contributed by atoms with Crippen molar-refractivity contribution >= 4 is 0 Å². The third-order valence-corrected chi connectivity index (χ3v) is 3.38. The van der Waals surface area contributed by atoms with Crippen molar-refractivity contribution in [3.8, 4) is 0 Å². The minimum atomic E-state index is -2.51. The Balaban J connectivity index is 2.66. The zero-order chi connectivity index (χ0) is 9.62. The lowest BCUT2D eigenvalue weighted by atomic mass is 9.58. The van der Waals surface area contributed by atoms with Gasteiger partial charge in [-0.05, 0) is 11.8 Å². The highest BCUT2D eigenvalue weighted by Gasteiger charge is 2.60. The van der Waals surface area contributed by atoms with Crippen LogP contribution in [0.2, 0.25) is 0 Å². The van der Waals surface area contributed by atoms with Crippen LogP contribution < -0.4 is 5.73 Å². The van der Waals surface area contributed by atoms with E-state index in [2.05, 4.69) is 0 Å². The molecule has 0 spiro atoms. The summed E-state index contributed by atoms with van der Waals surface area (Å²) in [6, 6.07) is 0. The molecule has 1 fully saturated rings. The number of alkyl halides is 2. The van der Waals surface area contributed by atoms with Crippen LogP contribution in [0.4, 0.5) is 8.78 Å². The van der Waals surface area contributed by atoms with Crippen LogP contribution in [-0.4, -0.2) is 11.5 Å². The molecule has 0 aliphatic heterocycles. The van der Waals surface area contributed by atoms with Gasteiger partial charge in [0.15, 0.2) is 0 Å². The minimum Gasteiger partial charge on any atom is -0.324 e. The van der Waals surface area contributed by atoms with E-state index in [1.54, 1.807) is 0 Å². The molecule has 0 aromatic rings. The summed E-state index contributed by atoms with van der Waals surface area (Å²) in [5.74, 6) is -2.51. The molecular weight excluding hydrogens is 160 g/mol. The molecule has 12 heavy (non-hydrogen) atoms. The largest absolute Gasteiger partial charge is 0.324 e. The summed E-state index contributed by atoms with van der Waals surface area (Å²) in [5.41, 5.74) is 5.07. The molecule has 0 radical (unpaired) electrons. The summed E-state index contributed by atoms with van der Waals surface area (Å²) in [6.45, 7) is 5.91. The normalized spacial score (nSPS) is 26.5. The molecule has 0 aromatic carbocycles. The summed E-state index contributed by atoms with van der Waals surface area (Å²) < 4.78 is 25.2. The van der Waals surface area contributed by atoms with Crippen LogP contribution in [0.3, 0.4) is 0 Å². The molecule has 1 saturated carbocycles. The van der Waals surface area contributed by atoms with E-state index in [-0.39, 0.29) is 18.3 Å². The molecule has 3 heteroatoms. The van der Waals surface area contributed by atoms with Crippen molar-refractivity contribution in [1.82, 2.24) is 0 Å². The molecule has 0 aromatic heterocycles. The highest BCUT2D eigenvalue weighted by Crippen LogP contribution is 2.53. The molecule has 0 bridgehead atoms. The molecular formula is C9H17F2N. The van der Waals surface area contributed by atoms with E-state index in [0.29, 0.717) is 0 Å². The fourth-order valence-electron chi connectivity index (χ4n) is 1.70. The molecule has 1 aliphatic carbocycles. The highest BCUT2D eigenvalue weighted by molar-refractivity contribution is 5.10. The van der Waals surface area contributed by atoms with Gasteiger partial charge in [0.2, 0.25) is 0 Å². The Labute approximate surface area is 72.3 Å². The van der Waals surface area contributed by atoms with Gasteiger partial charge in [-0.15, -0.1) is 0 Å². The van der Waals surface area contributed by atoms with Crippen LogP contribution >= 0.6 is 0 Å². The van der Waals surface area contributed by atoms with Gasteiger partial charge in [0.25, 0.3) is 5.92 Å². The maximum atomic E-state index is 12.6. The maximum Gasteiger partial charge on any atom is 0.251 e. The summed E-state index contributed by atoms with van der Waals surface area (Å²) in [6.07, 6.45) is 0.543. The van der Waals surface area contributed by atoms with Gasteiger partial charge < -0.3 is 5.73 Å². The lowest BCUT2D eigenvalue weighted by Crippen LogP contribution is -2.65. The lowest BCUT2D eigenvalue weighted by molar-refractivity contribution is -0.156. The molecule has 0 atom stereocenters. The van der Waals surface area contributed by atoms with Crippen LogP contribution in [0.15, 0.2) is 0 Å². The standard InChI is InChI=1S/C9H17F2N/c1-4-7(2,3)8(12)5-9(10,11)6-8/h4-6,12H2,1-3H3. The van der Waals surface area contributed by atoms with E-state index in [1.807, 2.05) is 20.8 Å². The predicted molar refractivity (Wildman–Crippen MR) is 45.2 cm³/mol. The van der Waals surface area contributed by atoms with E-state index in [1.165, 1.54) is 0 Å². The maximum absolute atomic E-state index is 12.6. The van der Waals surface area contributed by atoms with Gasteiger partial charge in [-0.3, -0.25) is 0 Å². The van der Waals surface area contributed by atoms with Crippen LogP contribution in [0, 0.1) is 5.41 Å². The molecule has 1 rings (SSSR count). The first-order valence-electron chi connectivity index (χ1n) is 4.39. The quantitative estimate of drug-likeness (QED) is 0.689. The molecule has 1 aliphatic rings. The van der Waals surface area contributed by atoms with Crippen molar-refractivity contribution in [1.29, 1.82) is 0 Å². The van der Waals surface area contributed by atoms with Gasteiger partial charge in [-0.2, -0.15) is 0 Å². The Hall–Kier alpha value is -0.180.